The van der Waals surface area contributed by atoms with E-state index in [1.54, 1.807) is 0 Å². The maximum Gasteiger partial charge on any atom is 0.152 e. The van der Waals surface area contributed by atoms with E-state index in [0.29, 0.717) is 0 Å². The van der Waals surface area contributed by atoms with Gasteiger partial charge in [-0.2, -0.15) is 0 Å². The number of hydrogen-bond acceptors (Lipinski definition) is 3. The molecule has 0 aliphatic carbocycles. The predicted octanol–water partition coefficient (Wildman–Crippen LogP) is 12.7. The van der Waals surface area contributed by atoms with Crippen molar-refractivity contribution in [3.05, 3.63) is 182 Å². The van der Waals surface area contributed by atoms with E-state index in [4.69, 9.17) is 4.74 Å². The van der Waals surface area contributed by atoms with E-state index in [1.165, 1.54) is 21.5 Å². The van der Waals surface area contributed by atoms with Crippen LogP contribution in [-0.4, -0.2) is 0 Å². The molecule has 0 radical (unpaired) electrons. The fourth-order valence-electron chi connectivity index (χ4n) is 6.82. The molecule has 1 heterocycles. The Morgan fingerprint density at radius 3 is 1.81 bits per heavy atom. The van der Waals surface area contributed by atoms with Crippen molar-refractivity contribution in [2.45, 2.75) is 0 Å². The normalized spacial score (nSPS) is 12.0. The zero-order chi connectivity index (χ0) is 31.2. The fraction of sp³-hybridized carbons (Fsp3) is 0. The van der Waals surface area contributed by atoms with Crippen molar-refractivity contribution in [1.29, 1.82) is 0 Å². The monoisotopic (exact) mass is 602 g/mol. The Balaban J connectivity index is 1.14. The van der Waals surface area contributed by atoms with Crippen LogP contribution in [0.1, 0.15) is 0 Å². The van der Waals surface area contributed by atoms with E-state index in [0.717, 1.165) is 56.8 Å². The third kappa shape index (κ3) is 4.68. The van der Waals surface area contributed by atoms with Gasteiger partial charge in [0.1, 0.15) is 0 Å². The molecule has 0 fully saturated rings. The molecule has 0 spiro atoms. The number of nitrogens with zero attached hydrogens (tertiary/aromatic N) is 2. The summed E-state index contributed by atoms with van der Waals surface area (Å²) < 4.78 is 6.50. The number of para-hydroxylation sites is 4. The molecular weight excluding hydrogens is 572 g/mol. The number of fused-ring (bicyclic) bond motifs is 5. The summed E-state index contributed by atoms with van der Waals surface area (Å²) >= 11 is 0. The van der Waals surface area contributed by atoms with Crippen LogP contribution in [0, 0.1) is 0 Å². The lowest BCUT2D eigenvalue weighted by Crippen LogP contribution is -2.15. The number of ether oxygens (including phenoxy) is 1. The fourth-order valence-corrected chi connectivity index (χ4v) is 6.82. The van der Waals surface area contributed by atoms with Gasteiger partial charge in [-0.15, -0.1) is 0 Å². The number of rotatable bonds is 5. The summed E-state index contributed by atoms with van der Waals surface area (Å²) in [5.74, 6) is 1.68. The highest BCUT2D eigenvalue weighted by atomic mass is 16.5. The molecule has 8 aromatic carbocycles. The Bertz CT molecular complexity index is 2380. The van der Waals surface area contributed by atoms with Crippen LogP contribution in [0.25, 0.3) is 32.7 Å². The lowest BCUT2D eigenvalue weighted by Gasteiger charge is -2.33. The van der Waals surface area contributed by atoms with Crippen LogP contribution in [0.2, 0.25) is 0 Å². The summed E-state index contributed by atoms with van der Waals surface area (Å²) in [6.45, 7) is 0. The van der Waals surface area contributed by atoms with Gasteiger partial charge in [-0.05, 0) is 94.0 Å². The minimum atomic E-state index is 0.836. The predicted molar refractivity (Wildman–Crippen MR) is 196 cm³/mol. The molecular formula is C44H30N2O. The molecule has 3 nitrogen and oxygen atoms in total. The zero-order valence-electron chi connectivity index (χ0n) is 25.6. The molecule has 0 amide bonds. The van der Waals surface area contributed by atoms with Crippen molar-refractivity contribution in [2.75, 3.05) is 9.80 Å². The first-order valence-electron chi connectivity index (χ1n) is 15.9. The van der Waals surface area contributed by atoms with Gasteiger partial charge in [0.15, 0.2) is 11.5 Å². The Morgan fingerprint density at radius 2 is 1.00 bits per heavy atom. The first-order chi connectivity index (χ1) is 23.3. The molecule has 1 aliphatic heterocycles. The second-order valence-corrected chi connectivity index (χ2v) is 11.8. The van der Waals surface area contributed by atoms with Crippen LogP contribution in [0.3, 0.4) is 0 Å². The zero-order valence-corrected chi connectivity index (χ0v) is 25.6. The van der Waals surface area contributed by atoms with E-state index in [2.05, 4.69) is 174 Å². The van der Waals surface area contributed by atoms with Crippen molar-refractivity contribution < 1.29 is 4.74 Å². The molecule has 0 bridgehead atoms. The summed E-state index contributed by atoms with van der Waals surface area (Å²) in [6.07, 6.45) is 0. The lowest BCUT2D eigenvalue weighted by molar-refractivity contribution is 0.477. The van der Waals surface area contributed by atoms with Crippen molar-refractivity contribution in [1.82, 2.24) is 0 Å². The van der Waals surface area contributed by atoms with Gasteiger partial charge in [-0.25, -0.2) is 0 Å². The van der Waals surface area contributed by atoms with Crippen LogP contribution in [0.4, 0.5) is 34.1 Å². The van der Waals surface area contributed by atoms with E-state index >= 15 is 0 Å². The highest BCUT2D eigenvalue weighted by molar-refractivity contribution is 6.14. The van der Waals surface area contributed by atoms with Crippen LogP contribution in [0.5, 0.6) is 11.5 Å². The number of benzene rings is 8. The molecule has 8 aromatic rings. The van der Waals surface area contributed by atoms with Gasteiger partial charge in [-0.1, -0.05) is 115 Å². The molecule has 47 heavy (non-hydrogen) atoms. The standard InChI is InChI=1S/C44H30N2O/c1-3-14-34(15-4-1)45(42-29-33-13-7-8-18-37(33)38-19-9-10-20-39(38)42)36-26-23-31(24-27-36)32-25-28-41-44(30-32)47-43-22-12-11-21-40(43)46(41)35-16-5-2-6-17-35/h1-30H. The van der Waals surface area contributed by atoms with Gasteiger partial charge >= 0.3 is 0 Å². The average molecular weight is 603 g/mol. The molecule has 0 saturated carbocycles. The minimum absolute atomic E-state index is 0.836. The second-order valence-electron chi connectivity index (χ2n) is 11.8. The largest absolute Gasteiger partial charge is 0.453 e. The molecule has 0 atom stereocenters. The number of hydrogen-bond donors (Lipinski definition) is 0. The average Bonchev–Trinajstić information content (AvgIpc) is 3.15. The maximum atomic E-state index is 6.50. The third-order valence-electron chi connectivity index (χ3n) is 9.00. The Labute approximate surface area is 274 Å². The van der Waals surface area contributed by atoms with Crippen LogP contribution in [0.15, 0.2) is 182 Å². The lowest BCUT2D eigenvalue weighted by atomic mass is 9.98. The van der Waals surface area contributed by atoms with Crippen molar-refractivity contribution in [3.8, 4) is 22.6 Å². The Hall–Kier alpha value is -6.32. The highest BCUT2D eigenvalue weighted by Crippen LogP contribution is 2.51. The molecule has 3 heteroatoms. The van der Waals surface area contributed by atoms with Crippen molar-refractivity contribution >= 4 is 55.7 Å². The topological polar surface area (TPSA) is 15.7 Å². The van der Waals surface area contributed by atoms with E-state index < -0.39 is 0 Å². The van der Waals surface area contributed by atoms with Gasteiger partial charge in [-0.3, -0.25) is 0 Å². The Morgan fingerprint density at radius 1 is 0.404 bits per heavy atom. The molecule has 222 valence electrons. The van der Waals surface area contributed by atoms with Crippen molar-refractivity contribution in [2.24, 2.45) is 0 Å². The summed E-state index contributed by atoms with van der Waals surface area (Å²) in [6, 6.07) is 64.3. The van der Waals surface area contributed by atoms with Crippen LogP contribution in [-0.2, 0) is 0 Å². The summed E-state index contributed by atoms with van der Waals surface area (Å²) in [4.78, 5) is 4.63. The first kappa shape index (κ1) is 27.0. The summed E-state index contributed by atoms with van der Waals surface area (Å²) in [5.41, 5.74) is 8.75. The smallest absolute Gasteiger partial charge is 0.152 e. The highest BCUT2D eigenvalue weighted by Gasteiger charge is 2.26. The van der Waals surface area contributed by atoms with Crippen LogP contribution < -0.4 is 14.5 Å². The van der Waals surface area contributed by atoms with Crippen LogP contribution >= 0.6 is 0 Å². The first-order valence-corrected chi connectivity index (χ1v) is 15.9. The van der Waals surface area contributed by atoms with Gasteiger partial charge < -0.3 is 14.5 Å². The van der Waals surface area contributed by atoms with Gasteiger partial charge in [0.05, 0.1) is 17.1 Å². The Kier molecular flexibility index (Phi) is 6.46. The number of anilines is 6. The second kappa shape index (κ2) is 11.2. The molecule has 0 N–H and O–H groups in total. The maximum absolute atomic E-state index is 6.50. The van der Waals surface area contributed by atoms with Crippen molar-refractivity contribution in [3.63, 3.8) is 0 Å². The third-order valence-corrected chi connectivity index (χ3v) is 9.00. The quantitative estimate of drug-likeness (QED) is 0.182. The van der Waals surface area contributed by atoms with E-state index in [-0.39, 0.29) is 0 Å². The van der Waals surface area contributed by atoms with E-state index in [1.807, 2.05) is 18.2 Å². The minimum Gasteiger partial charge on any atom is -0.453 e. The molecule has 1 aliphatic rings. The van der Waals surface area contributed by atoms with E-state index in [9.17, 15) is 0 Å². The molecule has 0 unspecified atom stereocenters. The molecule has 0 aromatic heterocycles. The van der Waals surface area contributed by atoms with Gasteiger partial charge in [0, 0.05) is 22.4 Å². The van der Waals surface area contributed by atoms with Gasteiger partial charge in [0.25, 0.3) is 0 Å². The summed E-state index contributed by atoms with van der Waals surface area (Å²) in [7, 11) is 0. The van der Waals surface area contributed by atoms with Gasteiger partial charge in [0.2, 0.25) is 0 Å². The summed E-state index contributed by atoms with van der Waals surface area (Å²) in [5, 5.41) is 4.95. The SMILES string of the molecule is c1ccc(N2c3ccccc3Oc3cc(-c4ccc(N(c5ccccc5)c5cc6ccccc6c6ccccc56)cc4)ccc32)cc1. The molecule has 9 rings (SSSR count). The molecule has 0 saturated heterocycles.